The number of fused-ring (bicyclic) bond motifs is 1. The molecule has 2 fully saturated rings. The van der Waals surface area contributed by atoms with Crippen LogP contribution >= 0.6 is 31.9 Å². The topological polar surface area (TPSA) is 103 Å². The fraction of sp³-hybridized carbons (Fsp3) is 0.394. The number of carbonyl (C=O) groups excluding carboxylic acids is 2. The highest BCUT2D eigenvalue weighted by atomic mass is 35.5. The summed E-state index contributed by atoms with van der Waals surface area (Å²) in [5.41, 5.74) is 4.85. The number of carbonyl (C=O) groups is 2. The van der Waals surface area contributed by atoms with Gasteiger partial charge in [0, 0.05) is 57.9 Å². The Morgan fingerprint density at radius 2 is 1.83 bits per heavy atom. The summed E-state index contributed by atoms with van der Waals surface area (Å²) >= 11 is 12.5. The second-order valence-corrected chi connectivity index (χ2v) is 16.5. The van der Waals surface area contributed by atoms with Crippen LogP contribution in [0.3, 0.4) is 0 Å². The number of halogens is 3. The Morgan fingerprint density at radius 1 is 1.09 bits per heavy atom. The lowest BCUT2D eigenvalue weighted by Crippen LogP contribution is -2.38. The lowest BCUT2D eigenvalue weighted by atomic mass is 10.0. The number of H-pyrrole nitrogens is 1. The molecule has 2 N–H and O–H groups in total. The summed E-state index contributed by atoms with van der Waals surface area (Å²) in [5, 5.41) is 3.35. The van der Waals surface area contributed by atoms with Gasteiger partial charge in [-0.2, -0.15) is 0 Å². The number of anilines is 1. The Bertz CT molecular complexity index is 1830. The highest BCUT2D eigenvalue weighted by Gasteiger charge is 2.33. The van der Waals surface area contributed by atoms with Crippen LogP contribution in [-0.2, 0) is 31.6 Å². The summed E-state index contributed by atoms with van der Waals surface area (Å²) in [4.78, 5) is 32.0. The van der Waals surface area contributed by atoms with E-state index in [1.54, 1.807) is 30.3 Å². The number of likely N-dealkylation sites (tertiary alicyclic amines) is 1. The van der Waals surface area contributed by atoms with Gasteiger partial charge in [-0.15, -0.1) is 0 Å². The number of alkyl halides is 1. The Hall–Kier alpha value is -2.75. The van der Waals surface area contributed by atoms with Crippen LogP contribution in [0.15, 0.2) is 41.3 Å². The summed E-state index contributed by atoms with van der Waals surface area (Å²) in [6.07, 6.45) is 4.48. The first-order valence-corrected chi connectivity index (χ1v) is 18.8. The monoisotopic (exact) mass is 704 g/mol. The van der Waals surface area contributed by atoms with Crippen LogP contribution in [0.4, 0.5) is 10.1 Å². The molecule has 2 saturated heterocycles. The van der Waals surface area contributed by atoms with Gasteiger partial charge in [-0.05, 0) is 95.8 Å². The second-order valence-electron chi connectivity index (χ2n) is 12.2. The van der Waals surface area contributed by atoms with Crippen LogP contribution < -0.4 is 5.32 Å². The number of rotatable bonds is 8. The van der Waals surface area contributed by atoms with Crippen molar-refractivity contribution in [3.05, 3.63) is 80.1 Å². The van der Waals surface area contributed by atoms with E-state index in [-0.39, 0.29) is 44.7 Å². The summed E-state index contributed by atoms with van der Waals surface area (Å²) < 4.78 is 43.0. The highest BCUT2D eigenvalue weighted by molar-refractivity contribution is 7.90. The van der Waals surface area contributed by atoms with Gasteiger partial charge in [0.15, 0.2) is 9.84 Å². The predicted molar refractivity (Wildman–Crippen MR) is 183 cm³/mol. The van der Waals surface area contributed by atoms with Crippen LogP contribution in [0.25, 0.3) is 11.6 Å². The zero-order valence-corrected chi connectivity index (χ0v) is 29.0. The smallest absolute Gasteiger partial charge is 0.256 e. The first-order valence-electron chi connectivity index (χ1n) is 15.4. The molecule has 8 nitrogen and oxygen atoms in total. The van der Waals surface area contributed by atoms with Crippen molar-refractivity contribution in [2.24, 2.45) is 0 Å². The van der Waals surface area contributed by atoms with E-state index in [0.717, 1.165) is 42.6 Å². The van der Waals surface area contributed by atoms with E-state index >= 15 is 0 Å². The summed E-state index contributed by atoms with van der Waals surface area (Å²) in [6, 6.07) is 9.37. The largest absolute Gasteiger partial charge is 0.359 e. The molecule has 1 aromatic heterocycles. The molecule has 244 valence electrons. The quantitative estimate of drug-likeness (QED) is 0.196. The van der Waals surface area contributed by atoms with Gasteiger partial charge in [0.25, 0.3) is 5.91 Å². The number of sulfone groups is 1. The van der Waals surface area contributed by atoms with Crippen molar-refractivity contribution in [3.8, 4) is 0 Å². The van der Waals surface area contributed by atoms with Gasteiger partial charge in [-0.25, -0.2) is 12.8 Å². The Balaban J connectivity index is 1.22. The maximum absolute atomic E-state index is 14.0. The number of hydrogen-bond donors (Lipinski definition) is 2. The molecule has 2 unspecified atom stereocenters. The second kappa shape index (κ2) is 13.4. The minimum atomic E-state index is -3.85. The summed E-state index contributed by atoms with van der Waals surface area (Å²) in [6.45, 7) is 5.85. The number of amides is 2. The first-order chi connectivity index (χ1) is 21.9. The Labute approximate surface area is 280 Å². The third-order valence-corrected chi connectivity index (χ3v) is 13.1. The van der Waals surface area contributed by atoms with Gasteiger partial charge in [0.1, 0.15) is 6.17 Å². The van der Waals surface area contributed by atoms with E-state index in [9.17, 15) is 22.4 Å². The molecule has 3 aromatic rings. The van der Waals surface area contributed by atoms with E-state index in [4.69, 9.17) is 23.2 Å². The van der Waals surface area contributed by atoms with E-state index in [0.29, 0.717) is 56.3 Å². The van der Waals surface area contributed by atoms with Crippen LogP contribution in [0.2, 0.25) is 10.0 Å². The predicted octanol–water partition coefficient (Wildman–Crippen LogP) is 6.92. The summed E-state index contributed by atoms with van der Waals surface area (Å²) in [7, 11) is -3.45. The molecule has 0 saturated carbocycles. The number of aromatic amines is 1. The van der Waals surface area contributed by atoms with Crippen LogP contribution in [-0.4, -0.2) is 66.4 Å². The molecule has 3 aliphatic rings. The average Bonchev–Trinajstić information content (AvgIpc) is 3.67. The molecule has 0 bridgehead atoms. The molecule has 4 heterocycles. The van der Waals surface area contributed by atoms with Crippen molar-refractivity contribution in [2.75, 3.05) is 25.0 Å². The minimum Gasteiger partial charge on any atom is -0.359 e. The maximum atomic E-state index is 14.0. The van der Waals surface area contributed by atoms with Crippen molar-refractivity contribution in [2.45, 2.75) is 68.6 Å². The number of nitrogens with zero attached hydrogens (tertiary/aromatic N) is 2. The van der Waals surface area contributed by atoms with Crippen LogP contribution in [0.5, 0.6) is 0 Å². The maximum Gasteiger partial charge on any atom is 0.256 e. The molecule has 6 rings (SSSR count). The fourth-order valence-corrected chi connectivity index (χ4v) is 10.4. The van der Waals surface area contributed by atoms with Gasteiger partial charge in [-0.3, -0.25) is 14.3 Å². The lowest BCUT2D eigenvalue weighted by Gasteiger charge is -2.34. The van der Waals surface area contributed by atoms with Crippen molar-refractivity contribution in [1.82, 2.24) is 14.6 Å². The molecule has 46 heavy (non-hydrogen) atoms. The number of aromatic nitrogens is 1. The molecule has 0 aliphatic carbocycles. The number of benzene rings is 2. The molecular formula is C33H36Cl2FN4O4PS. The molecule has 2 amide bonds. The third-order valence-electron chi connectivity index (χ3n) is 9.05. The van der Waals surface area contributed by atoms with Crippen molar-refractivity contribution >= 4 is 70.9 Å². The van der Waals surface area contributed by atoms with Crippen molar-refractivity contribution in [3.63, 3.8) is 0 Å². The molecule has 3 aliphatic heterocycles. The number of piperidine rings is 1. The van der Waals surface area contributed by atoms with Gasteiger partial charge in [0.2, 0.25) is 5.91 Å². The van der Waals surface area contributed by atoms with E-state index in [1.807, 2.05) is 18.7 Å². The zero-order valence-electron chi connectivity index (χ0n) is 25.6. The Morgan fingerprint density at radius 3 is 2.57 bits per heavy atom. The molecule has 3 atom stereocenters. The highest BCUT2D eigenvalue weighted by Crippen LogP contribution is 2.39. The zero-order chi connectivity index (χ0) is 32.7. The van der Waals surface area contributed by atoms with Crippen molar-refractivity contribution < 1.29 is 22.4 Å². The van der Waals surface area contributed by atoms with Crippen LogP contribution in [0.1, 0.15) is 59.3 Å². The first kappa shape index (κ1) is 33.2. The molecular weight excluding hydrogens is 669 g/mol. The number of nitrogens with one attached hydrogen (secondary N) is 2. The van der Waals surface area contributed by atoms with Gasteiger partial charge in [0.05, 0.1) is 28.4 Å². The summed E-state index contributed by atoms with van der Waals surface area (Å²) in [5.74, 6) is -0.580. The van der Waals surface area contributed by atoms with Gasteiger partial charge < -0.3 is 15.2 Å². The van der Waals surface area contributed by atoms with Gasteiger partial charge >= 0.3 is 0 Å². The third kappa shape index (κ3) is 6.78. The average molecular weight is 706 g/mol. The SMILES string of the molecule is Cc1[nH]c(/C=C2\C(=O)Nc3ccc(S(=O)(=O)Cc4c(Cl)cccc4Cl)cc32)c(C)c1CC(=O)N1CCC[C@H]1PN1CCCC(F)C1. The lowest BCUT2D eigenvalue weighted by molar-refractivity contribution is -0.130. The van der Waals surface area contributed by atoms with E-state index in [2.05, 4.69) is 15.0 Å². The molecule has 2 aromatic carbocycles. The standard InChI is InChI=1S/C33H36Cl2FN4O4PS/c1-19-23(16-31(41)40-13-5-9-32(40)45-39-12-4-6-21(36)17-39)20(2)37-30(19)15-25-24-14-22(10-11-29(24)38-33(25)42)46(43,44)18-26-27(34)7-3-8-28(26)35/h3,7-8,10-11,14-15,21,32,37,45H,4-6,9,12-13,16-18H2,1-2H3,(H,38,42)/b25-15-/t21?,32-/m1/s1. The van der Waals surface area contributed by atoms with Gasteiger partial charge in [-0.1, -0.05) is 29.3 Å². The molecule has 0 spiro atoms. The molecule has 0 radical (unpaired) electrons. The Kier molecular flexibility index (Phi) is 9.66. The number of aryl methyl sites for hydroxylation is 1. The van der Waals surface area contributed by atoms with Crippen LogP contribution in [0, 0.1) is 13.8 Å². The molecule has 13 heteroatoms. The van der Waals surface area contributed by atoms with E-state index in [1.165, 1.54) is 12.1 Å². The van der Waals surface area contributed by atoms with Crippen molar-refractivity contribution in [1.29, 1.82) is 0 Å². The minimum absolute atomic E-state index is 0.0442. The van der Waals surface area contributed by atoms with E-state index < -0.39 is 16.0 Å². The normalized spacial score (nSPS) is 21.5. The fourth-order valence-electron chi connectivity index (χ4n) is 6.52. The number of hydrogen-bond acceptors (Lipinski definition) is 5.